The summed E-state index contributed by atoms with van der Waals surface area (Å²) < 4.78 is 10.6. The van der Waals surface area contributed by atoms with E-state index in [0.29, 0.717) is 11.3 Å². The van der Waals surface area contributed by atoms with Crippen molar-refractivity contribution in [1.29, 1.82) is 0 Å². The van der Waals surface area contributed by atoms with Crippen molar-refractivity contribution in [3.63, 3.8) is 0 Å². The van der Waals surface area contributed by atoms with E-state index in [0.717, 1.165) is 21.8 Å². The van der Waals surface area contributed by atoms with E-state index in [9.17, 15) is 19.5 Å². The number of ketones is 1. The fourth-order valence-electron chi connectivity index (χ4n) is 3.48. The monoisotopic (exact) mass is 452 g/mol. The van der Waals surface area contributed by atoms with Gasteiger partial charge in [-0.25, -0.2) is 9.78 Å². The second kappa shape index (κ2) is 8.43. The number of amides is 1. The van der Waals surface area contributed by atoms with Crippen LogP contribution in [-0.2, 0) is 14.3 Å². The van der Waals surface area contributed by atoms with Gasteiger partial charge in [0.05, 0.1) is 24.1 Å². The Balaban J connectivity index is 1.87. The van der Waals surface area contributed by atoms with Gasteiger partial charge in [-0.1, -0.05) is 41.2 Å². The molecular formula is C23H20N2O6S. The number of carbonyl (C=O) groups is 3. The number of ether oxygens (including phenoxy) is 1. The molecule has 4 rings (SSSR count). The maximum atomic E-state index is 13.1. The first-order valence-electron chi connectivity index (χ1n) is 9.89. The molecule has 0 radical (unpaired) electrons. The van der Waals surface area contributed by atoms with Gasteiger partial charge in [-0.2, -0.15) is 0 Å². The topological polar surface area (TPSA) is 110 Å². The fourth-order valence-corrected chi connectivity index (χ4v) is 4.47. The highest BCUT2D eigenvalue weighted by atomic mass is 32.1. The van der Waals surface area contributed by atoms with Crippen LogP contribution in [0.1, 0.15) is 45.2 Å². The number of aliphatic hydroxyl groups is 1. The Morgan fingerprint density at radius 3 is 2.56 bits per heavy atom. The number of furan rings is 1. The summed E-state index contributed by atoms with van der Waals surface area (Å²) in [6, 6.07) is 9.13. The highest BCUT2D eigenvalue weighted by molar-refractivity contribution is 7.17. The van der Waals surface area contributed by atoms with Gasteiger partial charge in [-0.15, -0.1) is 0 Å². The minimum absolute atomic E-state index is 0.112. The number of benzene rings is 1. The van der Waals surface area contributed by atoms with Crippen molar-refractivity contribution >= 4 is 39.9 Å². The number of aryl methyl sites for hydroxylation is 2. The van der Waals surface area contributed by atoms with Crippen LogP contribution in [0.5, 0.6) is 0 Å². The Labute approximate surface area is 187 Å². The van der Waals surface area contributed by atoms with Gasteiger partial charge < -0.3 is 14.3 Å². The van der Waals surface area contributed by atoms with E-state index in [1.54, 1.807) is 50.2 Å². The van der Waals surface area contributed by atoms with Crippen LogP contribution in [0.25, 0.3) is 5.76 Å². The lowest BCUT2D eigenvalue weighted by Gasteiger charge is -2.20. The third kappa shape index (κ3) is 3.60. The van der Waals surface area contributed by atoms with Crippen molar-refractivity contribution in [3.05, 3.63) is 75.7 Å². The number of carbonyl (C=O) groups excluding carboxylic acids is 3. The van der Waals surface area contributed by atoms with Crippen LogP contribution in [0.4, 0.5) is 5.13 Å². The zero-order chi connectivity index (χ0) is 23.0. The van der Waals surface area contributed by atoms with Crippen LogP contribution in [0.3, 0.4) is 0 Å². The van der Waals surface area contributed by atoms with Crippen molar-refractivity contribution < 1.29 is 28.6 Å². The van der Waals surface area contributed by atoms with E-state index in [-0.39, 0.29) is 33.7 Å². The smallest absolute Gasteiger partial charge is 0.350 e. The van der Waals surface area contributed by atoms with Crippen molar-refractivity contribution in [1.82, 2.24) is 4.98 Å². The number of esters is 1. The van der Waals surface area contributed by atoms with Gasteiger partial charge in [-0.3, -0.25) is 14.5 Å². The molecule has 164 valence electrons. The molecule has 1 atom stereocenters. The zero-order valence-electron chi connectivity index (χ0n) is 17.6. The summed E-state index contributed by atoms with van der Waals surface area (Å²) in [7, 11) is 0. The van der Waals surface area contributed by atoms with Gasteiger partial charge in [0.15, 0.2) is 5.13 Å². The van der Waals surface area contributed by atoms with Gasteiger partial charge in [0.2, 0.25) is 0 Å². The third-order valence-electron chi connectivity index (χ3n) is 5.03. The van der Waals surface area contributed by atoms with Crippen LogP contribution >= 0.6 is 11.3 Å². The van der Waals surface area contributed by atoms with Crippen molar-refractivity contribution in [2.24, 2.45) is 0 Å². The summed E-state index contributed by atoms with van der Waals surface area (Å²) in [5.74, 6) is -2.33. The second-order valence-electron chi connectivity index (χ2n) is 7.18. The van der Waals surface area contributed by atoms with E-state index in [4.69, 9.17) is 9.15 Å². The van der Waals surface area contributed by atoms with Gasteiger partial charge in [0.1, 0.15) is 22.4 Å². The number of nitrogens with zero attached hydrogens (tertiary/aromatic N) is 2. The summed E-state index contributed by atoms with van der Waals surface area (Å²) in [6.45, 7) is 5.41. The molecule has 1 saturated heterocycles. The minimum atomic E-state index is -1.04. The van der Waals surface area contributed by atoms with Gasteiger partial charge in [0, 0.05) is 5.56 Å². The summed E-state index contributed by atoms with van der Waals surface area (Å²) in [4.78, 5) is 44.1. The maximum Gasteiger partial charge on any atom is 0.350 e. The lowest BCUT2D eigenvalue weighted by Crippen LogP contribution is -2.29. The van der Waals surface area contributed by atoms with Crippen molar-refractivity contribution in [2.75, 3.05) is 11.5 Å². The molecule has 0 bridgehead atoms. The van der Waals surface area contributed by atoms with Crippen LogP contribution in [-0.4, -0.2) is 34.4 Å². The lowest BCUT2D eigenvalue weighted by molar-refractivity contribution is -0.132. The molecule has 1 aromatic carbocycles. The molecule has 1 fully saturated rings. The normalized spacial score (nSPS) is 17.7. The van der Waals surface area contributed by atoms with E-state index in [2.05, 4.69) is 4.98 Å². The summed E-state index contributed by atoms with van der Waals surface area (Å²) in [5, 5.41) is 11.1. The number of hydrogen-bond acceptors (Lipinski definition) is 8. The first kappa shape index (κ1) is 21.5. The molecule has 3 aromatic rings. The molecule has 8 nitrogen and oxygen atoms in total. The molecule has 0 saturated carbocycles. The minimum Gasteiger partial charge on any atom is -0.507 e. The average Bonchev–Trinajstić information content (AvgIpc) is 3.48. The standard InChI is InChI=1S/C23H20N2O6S/c1-4-30-22(29)20-13(3)24-23(32-20)25-17(15-6-5-11-31-15)16(19(27)21(25)28)18(26)14-9-7-12(2)8-10-14/h5-11,17,26H,4H2,1-3H3/t17-/m0/s1. The molecule has 2 aromatic heterocycles. The lowest BCUT2D eigenvalue weighted by atomic mass is 9.99. The number of aromatic nitrogens is 1. The fraction of sp³-hybridized carbons (Fsp3) is 0.217. The first-order chi connectivity index (χ1) is 15.3. The number of aliphatic hydroxyl groups excluding tert-OH is 1. The maximum absolute atomic E-state index is 13.1. The van der Waals surface area contributed by atoms with Gasteiger partial charge in [0.25, 0.3) is 5.78 Å². The highest BCUT2D eigenvalue weighted by Gasteiger charge is 2.49. The van der Waals surface area contributed by atoms with Crippen LogP contribution in [0.2, 0.25) is 0 Å². The number of hydrogen-bond donors (Lipinski definition) is 1. The summed E-state index contributed by atoms with van der Waals surface area (Å²) in [5.41, 5.74) is 1.64. The Hall–Kier alpha value is -3.72. The molecule has 9 heteroatoms. The summed E-state index contributed by atoms with van der Waals surface area (Å²) in [6.07, 6.45) is 1.42. The Morgan fingerprint density at radius 2 is 1.94 bits per heavy atom. The highest BCUT2D eigenvalue weighted by Crippen LogP contribution is 2.44. The largest absolute Gasteiger partial charge is 0.507 e. The predicted molar refractivity (Wildman–Crippen MR) is 117 cm³/mol. The third-order valence-corrected chi connectivity index (χ3v) is 6.17. The number of rotatable bonds is 5. The first-order valence-corrected chi connectivity index (χ1v) is 10.7. The Kier molecular flexibility index (Phi) is 5.67. The number of anilines is 1. The molecule has 1 aliphatic heterocycles. The quantitative estimate of drug-likeness (QED) is 0.268. The SMILES string of the molecule is CCOC(=O)c1sc(N2C(=O)C(=O)C(=C(O)c3ccc(C)cc3)[C@@H]2c2ccco2)nc1C. The summed E-state index contributed by atoms with van der Waals surface area (Å²) >= 11 is 0.944. The van der Waals surface area contributed by atoms with E-state index < -0.39 is 23.7 Å². The number of Topliss-reactive ketones (excluding diaryl/α,β-unsaturated/α-hetero) is 1. The molecular weight excluding hydrogens is 432 g/mol. The average molecular weight is 452 g/mol. The van der Waals surface area contributed by atoms with E-state index in [1.807, 2.05) is 6.92 Å². The second-order valence-corrected chi connectivity index (χ2v) is 8.16. The molecule has 1 N–H and O–H groups in total. The van der Waals surface area contributed by atoms with Gasteiger partial charge >= 0.3 is 11.9 Å². The molecule has 0 spiro atoms. The molecule has 1 aliphatic rings. The van der Waals surface area contributed by atoms with Crippen molar-refractivity contribution in [2.45, 2.75) is 26.8 Å². The Bertz CT molecular complexity index is 1220. The van der Waals surface area contributed by atoms with E-state index >= 15 is 0 Å². The molecule has 0 aliphatic carbocycles. The zero-order valence-corrected chi connectivity index (χ0v) is 18.4. The molecule has 1 amide bonds. The molecule has 3 heterocycles. The van der Waals surface area contributed by atoms with Gasteiger partial charge in [-0.05, 0) is 32.9 Å². The van der Waals surface area contributed by atoms with Crippen LogP contribution in [0.15, 0.2) is 52.7 Å². The van der Waals surface area contributed by atoms with Crippen LogP contribution in [0, 0.1) is 13.8 Å². The van der Waals surface area contributed by atoms with Crippen molar-refractivity contribution in [3.8, 4) is 0 Å². The number of thiazole rings is 1. The van der Waals surface area contributed by atoms with E-state index in [1.165, 1.54) is 6.26 Å². The molecule has 32 heavy (non-hydrogen) atoms. The predicted octanol–water partition coefficient (Wildman–Crippen LogP) is 4.16. The Morgan fingerprint density at radius 1 is 1.22 bits per heavy atom. The van der Waals surface area contributed by atoms with Crippen LogP contribution < -0.4 is 4.90 Å². The molecule has 0 unspecified atom stereocenters.